The minimum atomic E-state index is -0.674. The number of carbonyl (C=O) groups is 2. The van der Waals surface area contributed by atoms with E-state index < -0.39 is 12.0 Å². The molecule has 0 heterocycles. The summed E-state index contributed by atoms with van der Waals surface area (Å²) in [4.78, 5) is 22.4. The molecule has 0 spiro atoms. The highest BCUT2D eigenvalue weighted by atomic mass is 16.5. The van der Waals surface area contributed by atoms with E-state index in [1.54, 1.807) is 19.1 Å². The van der Waals surface area contributed by atoms with Gasteiger partial charge in [-0.15, -0.1) is 0 Å². The van der Waals surface area contributed by atoms with Crippen molar-refractivity contribution >= 4 is 11.9 Å². The molecule has 0 bridgehead atoms. The van der Waals surface area contributed by atoms with Crippen LogP contribution in [0.25, 0.3) is 0 Å². The van der Waals surface area contributed by atoms with Crippen molar-refractivity contribution in [3.63, 3.8) is 0 Å². The highest BCUT2D eigenvalue weighted by Crippen LogP contribution is 2.07. The average molecular weight is 237 g/mol. The standard InChI is InChI=1S/C12H15NO4/c1-9(12(15)16-2)13-11(14)8-17-10-6-4-3-5-7-10/h3-7,9H,8H2,1-2H3,(H,13,14)/t9-/m1/s1. The number of para-hydroxylation sites is 1. The van der Waals surface area contributed by atoms with Crippen LogP contribution < -0.4 is 10.1 Å². The average Bonchev–Trinajstić information content (AvgIpc) is 2.36. The molecule has 0 aromatic heterocycles. The zero-order valence-corrected chi connectivity index (χ0v) is 9.80. The molecular weight excluding hydrogens is 222 g/mol. The number of methoxy groups -OCH3 is 1. The number of carbonyl (C=O) groups excluding carboxylic acids is 2. The molecule has 1 aromatic rings. The second-order valence-electron chi connectivity index (χ2n) is 3.41. The highest BCUT2D eigenvalue weighted by Gasteiger charge is 2.15. The maximum absolute atomic E-state index is 11.4. The molecule has 17 heavy (non-hydrogen) atoms. The molecule has 1 atom stereocenters. The minimum Gasteiger partial charge on any atom is -0.484 e. The van der Waals surface area contributed by atoms with E-state index in [0.717, 1.165) is 0 Å². The van der Waals surface area contributed by atoms with Gasteiger partial charge in [-0.1, -0.05) is 18.2 Å². The molecule has 1 amide bonds. The molecule has 5 nitrogen and oxygen atoms in total. The summed E-state index contributed by atoms with van der Waals surface area (Å²) in [6.45, 7) is 1.41. The third-order valence-electron chi connectivity index (χ3n) is 2.05. The first-order valence-corrected chi connectivity index (χ1v) is 5.18. The van der Waals surface area contributed by atoms with Crippen LogP contribution in [-0.4, -0.2) is 31.6 Å². The molecular formula is C12H15NO4. The first kappa shape index (κ1) is 13.0. The molecule has 1 aromatic carbocycles. The van der Waals surface area contributed by atoms with Crippen molar-refractivity contribution in [2.24, 2.45) is 0 Å². The van der Waals surface area contributed by atoms with E-state index >= 15 is 0 Å². The summed E-state index contributed by atoms with van der Waals surface area (Å²) < 4.78 is 9.70. The van der Waals surface area contributed by atoms with Crippen LogP contribution in [0.1, 0.15) is 6.92 Å². The lowest BCUT2D eigenvalue weighted by Crippen LogP contribution is -2.41. The fourth-order valence-corrected chi connectivity index (χ4v) is 1.18. The van der Waals surface area contributed by atoms with E-state index in [1.807, 2.05) is 18.2 Å². The summed E-state index contributed by atoms with van der Waals surface area (Å²) in [6.07, 6.45) is 0. The maximum Gasteiger partial charge on any atom is 0.328 e. The summed E-state index contributed by atoms with van der Waals surface area (Å²) in [7, 11) is 1.27. The van der Waals surface area contributed by atoms with Crippen LogP contribution >= 0.6 is 0 Å². The van der Waals surface area contributed by atoms with Gasteiger partial charge < -0.3 is 14.8 Å². The van der Waals surface area contributed by atoms with Crippen molar-refractivity contribution in [3.8, 4) is 5.75 Å². The summed E-state index contributed by atoms with van der Waals surface area (Å²) >= 11 is 0. The first-order chi connectivity index (χ1) is 8.13. The highest BCUT2D eigenvalue weighted by molar-refractivity contribution is 5.84. The van der Waals surface area contributed by atoms with Gasteiger partial charge in [0.15, 0.2) is 6.61 Å². The number of hydrogen-bond donors (Lipinski definition) is 1. The van der Waals surface area contributed by atoms with E-state index in [2.05, 4.69) is 10.1 Å². The Morgan fingerprint density at radius 1 is 1.29 bits per heavy atom. The third kappa shape index (κ3) is 4.55. The van der Waals surface area contributed by atoms with Gasteiger partial charge in [-0.05, 0) is 19.1 Å². The molecule has 0 saturated heterocycles. The Kier molecular flexibility index (Phi) is 5.00. The normalized spacial score (nSPS) is 11.4. The largest absolute Gasteiger partial charge is 0.484 e. The van der Waals surface area contributed by atoms with Gasteiger partial charge in [0.2, 0.25) is 0 Å². The molecule has 0 unspecified atom stereocenters. The molecule has 0 aliphatic rings. The lowest BCUT2D eigenvalue weighted by atomic mass is 10.3. The number of hydrogen-bond acceptors (Lipinski definition) is 4. The fourth-order valence-electron chi connectivity index (χ4n) is 1.18. The summed E-state index contributed by atoms with van der Waals surface area (Å²) in [5.74, 6) is -0.252. The molecule has 92 valence electrons. The minimum absolute atomic E-state index is 0.134. The Labute approximate surface area is 99.7 Å². The third-order valence-corrected chi connectivity index (χ3v) is 2.05. The van der Waals surface area contributed by atoms with E-state index in [1.165, 1.54) is 7.11 Å². The predicted molar refractivity (Wildman–Crippen MR) is 61.6 cm³/mol. The number of benzene rings is 1. The summed E-state index contributed by atoms with van der Waals surface area (Å²) in [5, 5.41) is 2.46. The Hall–Kier alpha value is -2.04. The lowest BCUT2D eigenvalue weighted by Gasteiger charge is -2.11. The van der Waals surface area contributed by atoms with Crippen LogP contribution in [0.4, 0.5) is 0 Å². The SMILES string of the molecule is COC(=O)[C@@H](C)NC(=O)COc1ccccc1. The Balaban J connectivity index is 2.33. The number of amides is 1. The van der Waals surface area contributed by atoms with E-state index in [-0.39, 0.29) is 12.5 Å². The smallest absolute Gasteiger partial charge is 0.328 e. The zero-order chi connectivity index (χ0) is 12.7. The Morgan fingerprint density at radius 3 is 2.53 bits per heavy atom. The van der Waals surface area contributed by atoms with Crippen molar-refractivity contribution in [3.05, 3.63) is 30.3 Å². The second-order valence-corrected chi connectivity index (χ2v) is 3.41. The van der Waals surface area contributed by atoms with Crippen LogP contribution in [0, 0.1) is 0 Å². The van der Waals surface area contributed by atoms with Crippen LogP contribution in [0.3, 0.4) is 0 Å². The molecule has 0 fully saturated rings. The van der Waals surface area contributed by atoms with Crippen molar-refractivity contribution < 1.29 is 19.1 Å². The monoisotopic (exact) mass is 237 g/mol. The van der Waals surface area contributed by atoms with Crippen molar-refractivity contribution in [2.75, 3.05) is 13.7 Å². The maximum atomic E-state index is 11.4. The van der Waals surface area contributed by atoms with Gasteiger partial charge in [-0.2, -0.15) is 0 Å². The van der Waals surface area contributed by atoms with Gasteiger partial charge in [0.1, 0.15) is 11.8 Å². The summed E-state index contributed by atoms with van der Waals surface area (Å²) in [5.41, 5.74) is 0. The van der Waals surface area contributed by atoms with Crippen LogP contribution in [0.5, 0.6) is 5.75 Å². The van der Waals surface area contributed by atoms with Gasteiger partial charge in [0.05, 0.1) is 7.11 Å². The van der Waals surface area contributed by atoms with Crippen LogP contribution in [0.15, 0.2) is 30.3 Å². The van der Waals surface area contributed by atoms with E-state index in [0.29, 0.717) is 5.75 Å². The Morgan fingerprint density at radius 2 is 1.94 bits per heavy atom. The summed E-state index contributed by atoms with van der Waals surface area (Å²) in [6, 6.07) is 8.29. The molecule has 0 saturated carbocycles. The van der Waals surface area contributed by atoms with Gasteiger partial charge in [-0.25, -0.2) is 4.79 Å². The fraction of sp³-hybridized carbons (Fsp3) is 0.333. The van der Waals surface area contributed by atoms with Gasteiger partial charge in [-0.3, -0.25) is 4.79 Å². The van der Waals surface area contributed by atoms with Gasteiger partial charge in [0, 0.05) is 0 Å². The van der Waals surface area contributed by atoms with Crippen LogP contribution in [-0.2, 0) is 14.3 Å². The van der Waals surface area contributed by atoms with Crippen molar-refractivity contribution in [1.82, 2.24) is 5.32 Å². The van der Waals surface area contributed by atoms with Crippen molar-refractivity contribution in [1.29, 1.82) is 0 Å². The van der Waals surface area contributed by atoms with E-state index in [4.69, 9.17) is 4.74 Å². The quantitative estimate of drug-likeness (QED) is 0.767. The number of nitrogens with one attached hydrogen (secondary N) is 1. The zero-order valence-electron chi connectivity index (χ0n) is 9.80. The second kappa shape index (κ2) is 6.52. The molecule has 0 radical (unpaired) electrons. The van der Waals surface area contributed by atoms with Crippen LogP contribution in [0.2, 0.25) is 0 Å². The predicted octanol–water partition coefficient (Wildman–Crippen LogP) is 0.743. The number of ether oxygens (including phenoxy) is 2. The molecule has 5 heteroatoms. The number of esters is 1. The first-order valence-electron chi connectivity index (χ1n) is 5.18. The molecule has 1 rings (SSSR count). The van der Waals surface area contributed by atoms with Gasteiger partial charge in [0.25, 0.3) is 5.91 Å². The van der Waals surface area contributed by atoms with Gasteiger partial charge >= 0.3 is 5.97 Å². The number of rotatable bonds is 5. The van der Waals surface area contributed by atoms with Crippen molar-refractivity contribution in [2.45, 2.75) is 13.0 Å². The molecule has 1 N–H and O–H groups in total. The molecule has 0 aliphatic heterocycles. The Bertz CT molecular complexity index is 377. The topological polar surface area (TPSA) is 64.6 Å². The van der Waals surface area contributed by atoms with E-state index in [9.17, 15) is 9.59 Å². The lowest BCUT2D eigenvalue weighted by molar-refractivity contribution is -0.144. The molecule has 0 aliphatic carbocycles.